The van der Waals surface area contributed by atoms with Gasteiger partial charge in [-0.25, -0.2) is 10.3 Å². The number of likely N-dealkylation sites (tertiary alicyclic amines) is 1. The highest BCUT2D eigenvalue weighted by Gasteiger charge is 2.52. The Bertz CT molecular complexity index is 652. The Balaban J connectivity index is 1.76. The number of anilines is 1. The van der Waals surface area contributed by atoms with Crippen molar-refractivity contribution in [1.29, 1.82) is 0 Å². The monoisotopic (exact) mass is 317 g/mol. The van der Waals surface area contributed by atoms with E-state index in [-0.39, 0.29) is 5.54 Å². The maximum atomic E-state index is 11.4. The Morgan fingerprint density at radius 1 is 1.26 bits per heavy atom. The minimum absolute atomic E-state index is 0.273. The van der Waals surface area contributed by atoms with Crippen LogP contribution in [0.15, 0.2) is 30.3 Å². The fraction of sp³-hybridized carbons (Fsp3) is 0.375. The predicted molar refractivity (Wildman–Crippen MR) is 84.3 cm³/mol. The van der Waals surface area contributed by atoms with E-state index >= 15 is 0 Å². The zero-order chi connectivity index (χ0) is 16.4. The van der Waals surface area contributed by atoms with Crippen molar-refractivity contribution in [1.82, 2.24) is 10.4 Å². The molecule has 3 rings (SSSR count). The molecule has 1 aromatic rings. The first-order chi connectivity index (χ1) is 11.1. The minimum Gasteiger partial charge on any atom is -0.465 e. The molecule has 1 spiro atoms. The molecule has 3 N–H and O–H groups in total. The highest BCUT2D eigenvalue weighted by molar-refractivity contribution is 5.92. The van der Waals surface area contributed by atoms with Crippen LogP contribution in [0, 0.1) is 0 Å². The van der Waals surface area contributed by atoms with Crippen molar-refractivity contribution in [3.8, 4) is 0 Å². The van der Waals surface area contributed by atoms with Crippen molar-refractivity contribution < 1.29 is 19.9 Å². The summed E-state index contributed by atoms with van der Waals surface area (Å²) in [5.41, 5.74) is 3.09. The van der Waals surface area contributed by atoms with Gasteiger partial charge in [0.2, 0.25) is 0 Å². The Morgan fingerprint density at radius 3 is 2.70 bits per heavy atom. The van der Waals surface area contributed by atoms with Crippen LogP contribution in [-0.4, -0.2) is 52.4 Å². The molecule has 2 heterocycles. The second kappa shape index (κ2) is 5.92. The summed E-state index contributed by atoms with van der Waals surface area (Å²) in [4.78, 5) is 26.2. The normalized spacial score (nSPS) is 19.2. The summed E-state index contributed by atoms with van der Waals surface area (Å²) in [5.74, 6) is -0.590. The molecule has 0 radical (unpaired) electrons. The van der Waals surface area contributed by atoms with E-state index in [0.717, 1.165) is 24.1 Å². The van der Waals surface area contributed by atoms with Crippen molar-refractivity contribution in [3.63, 3.8) is 0 Å². The Labute approximate surface area is 133 Å². The number of benzene rings is 1. The topological polar surface area (TPSA) is 93.1 Å². The molecular formula is C16H19N3O4. The molecule has 7 heteroatoms. The van der Waals surface area contributed by atoms with Gasteiger partial charge in [0.05, 0.1) is 5.54 Å². The third kappa shape index (κ3) is 2.75. The number of nitrogens with zero attached hydrogens (tertiary/aromatic N) is 2. The van der Waals surface area contributed by atoms with Crippen LogP contribution in [0.5, 0.6) is 0 Å². The van der Waals surface area contributed by atoms with Crippen LogP contribution in [-0.2, 0) is 4.79 Å². The first-order valence-electron chi connectivity index (χ1n) is 7.52. The Kier molecular flexibility index (Phi) is 3.96. The van der Waals surface area contributed by atoms with E-state index < -0.39 is 12.0 Å². The van der Waals surface area contributed by atoms with Crippen molar-refractivity contribution in [3.05, 3.63) is 35.9 Å². The molecule has 2 saturated heterocycles. The average Bonchev–Trinajstić information content (AvgIpc) is 2.96. The molecule has 122 valence electrons. The van der Waals surface area contributed by atoms with Crippen LogP contribution >= 0.6 is 0 Å². The van der Waals surface area contributed by atoms with Crippen LogP contribution in [0.2, 0.25) is 0 Å². The standard InChI is InChI=1S/C16H19N3O4/c20-14(17-23)7-6-12-4-1-2-5-13(12)18-10-16(11-18)8-3-9-19(16)15(21)22/h1-2,4-7,23H,3,8-11H2,(H,17,20)(H,21,22)/b7-6+. The van der Waals surface area contributed by atoms with Crippen molar-refractivity contribution in [2.75, 3.05) is 24.5 Å². The molecule has 7 nitrogen and oxygen atoms in total. The fourth-order valence-corrected chi connectivity index (χ4v) is 3.52. The van der Waals surface area contributed by atoms with Crippen LogP contribution in [0.4, 0.5) is 10.5 Å². The van der Waals surface area contributed by atoms with E-state index in [4.69, 9.17) is 5.21 Å². The average molecular weight is 317 g/mol. The number of carbonyl (C=O) groups is 2. The van der Waals surface area contributed by atoms with Gasteiger partial charge in [-0.1, -0.05) is 18.2 Å². The highest BCUT2D eigenvalue weighted by atomic mass is 16.5. The first-order valence-corrected chi connectivity index (χ1v) is 7.52. The molecule has 0 bridgehead atoms. The van der Waals surface area contributed by atoms with Crippen molar-refractivity contribution in [2.24, 2.45) is 0 Å². The molecule has 1 aromatic carbocycles. The van der Waals surface area contributed by atoms with Gasteiger partial charge in [0.25, 0.3) is 5.91 Å². The van der Waals surface area contributed by atoms with E-state index in [1.165, 1.54) is 6.08 Å². The van der Waals surface area contributed by atoms with Crippen LogP contribution in [0.3, 0.4) is 0 Å². The number of carboxylic acid groups (broad SMARTS) is 1. The second-order valence-electron chi connectivity index (χ2n) is 5.99. The Morgan fingerprint density at radius 2 is 2.00 bits per heavy atom. The summed E-state index contributed by atoms with van der Waals surface area (Å²) in [5, 5.41) is 17.9. The number of rotatable bonds is 3. The van der Waals surface area contributed by atoms with Gasteiger partial charge in [0.1, 0.15) is 0 Å². The summed E-state index contributed by atoms with van der Waals surface area (Å²) >= 11 is 0. The molecule has 0 aliphatic carbocycles. The van der Waals surface area contributed by atoms with Gasteiger partial charge in [0, 0.05) is 31.4 Å². The smallest absolute Gasteiger partial charge is 0.407 e. The molecule has 0 atom stereocenters. The zero-order valence-electron chi connectivity index (χ0n) is 12.6. The molecule has 2 aliphatic heterocycles. The molecule has 2 amide bonds. The third-order valence-corrected chi connectivity index (χ3v) is 4.60. The minimum atomic E-state index is -0.852. The maximum absolute atomic E-state index is 11.4. The van der Waals surface area contributed by atoms with E-state index in [1.807, 2.05) is 24.3 Å². The number of hydrogen-bond acceptors (Lipinski definition) is 4. The van der Waals surface area contributed by atoms with Gasteiger partial charge in [-0.2, -0.15) is 0 Å². The summed E-state index contributed by atoms with van der Waals surface area (Å²) in [6.07, 6.45) is 3.83. The van der Waals surface area contributed by atoms with Gasteiger partial charge < -0.3 is 10.0 Å². The number of carbonyl (C=O) groups excluding carboxylic acids is 1. The van der Waals surface area contributed by atoms with Gasteiger partial charge in [0.15, 0.2) is 0 Å². The Hall–Kier alpha value is -2.54. The quantitative estimate of drug-likeness (QED) is 0.447. The van der Waals surface area contributed by atoms with Crippen molar-refractivity contribution >= 4 is 23.8 Å². The number of amides is 2. The summed E-state index contributed by atoms with van der Waals surface area (Å²) < 4.78 is 0. The summed E-state index contributed by atoms with van der Waals surface area (Å²) in [6.45, 7) is 1.92. The maximum Gasteiger partial charge on any atom is 0.407 e. The summed E-state index contributed by atoms with van der Waals surface area (Å²) in [7, 11) is 0. The van der Waals surface area contributed by atoms with Gasteiger partial charge in [-0.3, -0.25) is 14.9 Å². The van der Waals surface area contributed by atoms with E-state index in [9.17, 15) is 14.7 Å². The van der Waals surface area contributed by atoms with Crippen LogP contribution in [0.25, 0.3) is 6.08 Å². The first kappa shape index (κ1) is 15.4. The van der Waals surface area contributed by atoms with Crippen LogP contribution < -0.4 is 10.4 Å². The number of nitrogens with one attached hydrogen (secondary N) is 1. The molecule has 0 aromatic heterocycles. The largest absolute Gasteiger partial charge is 0.465 e. The van der Waals surface area contributed by atoms with Gasteiger partial charge >= 0.3 is 6.09 Å². The van der Waals surface area contributed by atoms with E-state index in [1.54, 1.807) is 16.5 Å². The predicted octanol–water partition coefficient (Wildman–Crippen LogP) is 1.54. The summed E-state index contributed by atoms with van der Waals surface area (Å²) in [6, 6.07) is 7.61. The molecule has 2 aliphatic rings. The number of para-hydroxylation sites is 1. The lowest BCUT2D eigenvalue weighted by Gasteiger charge is -2.53. The van der Waals surface area contributed by atoms with Crippen molar-refractivity contribution in [2.45, 2.75) is 18.4 Å². The van der Waals surface area contributed by atoms with E-state index in [2.05, 4.69) is 4.90 Å². The molecule has 2 fully saturated rings. The van der Waals surface area contributed by atoms with E-state index in [0.29, 0.717) is 19.6 Å². The van der Waals surface area contributed by atoms with Gasteiger partial charge in [-0.15, -0.1) is 0 Å². The van der Waals surface area contributed by atoms with Crippen LogP contribution in [0.1, 0.15) is 18.4 Å². The molecular weight excluding hydrogens is 298 g/mol. The molecule has 23 heavy (non-hydrogen) atoms. The molecule has 0 saturated carbocycles. The zero-order valence-corrected chi connectivity index (χ0v) is 12.6. The number of hydroxylamine groups is 1. The fourth-order valence-electron chi connectivity index (χ4n) is 3.52. The van der Waals surface area contributed by atoms with Gasteiger partial charge in [-0.05, 0) is 30.5 Å². The SMILES string of the molecule is O=C(/C=C/c1ccccc1N1CC2(CCCN2C(=O)O)C1)NO. The second-order valence-corrected chi connectivity index (χ2v) is 5.99. The third-order valence-electron chi connectivity index (χ3n) is 4.60. The molecule has 0 unspecified atom stereocenters. The lowest BCUT2D eigenvalue weighted by atomic mass is 9.86. The lowest BCUT2D eigenvalue weighted by Crippen LogP contribution is -2.69. The number of hydrogen-bond donors (Lipinski definition) is 3. The highest BCUT2D eigenvalue weighted by Crippen LogP contribution is 2.41. The lowest BCUT2D eigenvalue weighted by molar-refractivity contribution is -0.124.